The van der Waals surface area contributed by atoms with Crippen LogP contribution in [-0.2, 0) is 4.74 Å². The van der Waals surface area contributed by atoms with E-state index in [-0.39, 0.29) is 0 Å². The lowest BCUT2D eigenvalue weighted by Gasteiger charge is -2.14. The Labute approximate surface area is 108 Å². The van der Waals surface area contributed by atoms with Crippen molar-refractivity contribution in [3.63, 3.8) is 0 Å². The quantitative estimate of drug-likeness (QED) is 0.756. The fraction of sp³-hybridized carbons (Fsp3) is 0.357. The van der Waals surface area contributed by atoms with Crippen LogP contribution in [0.15, 0.2) is 36.9 Å². The van der Waals surface area contributed by atoms with Gasteiger partial charge in [-0.1, -0.05) is 6.08 Å². The molecule has 1 atom stereocenters. The fourth-order valence-corrected chi connectivity index (χ4v) is 1.54. The Morgan fingerprint density at radius 1 is 1.39 bits per heavy atom. The number of allylic oxidation sites excluding steroid dienone is 1. The van der Waals surface area contributed by atoms with Crippen LogP contribution in [0.25, 0.3) is 0 Å². The van der Waals surface area contributed by atoms with Crippen molar-refractivity contribution in [1.82, 2.24) is 0 Å². The third kappa shape index (κ3) is 4.91. The monoisotopic (exact) mass is 248 g/mol. The van der Waals surface area contributed by atoms with Gasteiger partial charge in [-0.15, -0.1) is 6.58 Å². The lowest BCUT2D eigenvalue weighted by atomic mass is 10.1. The molecule has 0 spiro atoms. The standard InChI is InChI=1S/C14H20N2O2/c1-4-5-6-11(2)15-12-7-9-13(10-8-12)16-14(17)18-3/h4,7-11,15H,1,5-6H2,2-3H3,(H,16,17). The molecule has 2 N–H and O–H groups in total. The minimum atomic E-state index is -0.463. The maximum Gasteiger partial charge on any atom is 0.411 e. The van der Waals surface area contributed by atoms with E-state index in [4.69, 9.17) is 0 Å². The normalized spacial score (nSPS) is 11.4. The lowest BCUT2D eigenvalue weighted by Crippen LogP contribution is -2.14. The largest absolute Gasteiger partial charge is 0.453 e. The molecule has 0 heterocycles. The smallest absolute Gasteiger partial charge is 0.411 e. The number of carbonyl (C=O) groups is 1. The third-order valence-corrected chi connectivity index (χ3v) is 2.53. The molecular formula is C14H20N2O2. The van der Waals surface area contributed by atoms with Gasteiger partial charge in [-0.25, -0.2) is 4.79 Å². The van der Waals surface area contributed by atoms with E-state index in [0.29, 0.717) is 11.7 Å². The van der Waals surface area contributed by atoms with E-state index < -0.39 is 6.09 Å². The summed E-state index contributed by atoms with van der Waals surface area (Å²) in [6.45, 7) is 5.84. The van der Waals surface area contributed by atoms with Crippen LogP contribution in [0.1, 0.15) is 19.8 Å². The average Bonchev–Trinajstić information content (AvgIpc) is 2.38. The Bertz CT molecular complexity index is 387. The summed E-state index contributed by atoms with van der Waals surface area (Å²) >= 11 is 0. The molecule has 0 saturated heterocycles. The fourth-order valence-electron chi connectivity index (χ4n) is 1.54. The first kappa shape index (κ1) is 14.1. The van der Waals surface area contributed by atoms with Crippen molar-refractivity contribution in [2.24, 2.45) is 0 Å². The molecular weight excluding hydrogens is 228 g/mol. The second kappa shape index (κ2) is 7.37. The second-order valence-corrected chi connectivity index (χ2v) is 4.11. The van der Waals surface area contributed by atoms with Crippen molar-refractivity contribution in [2.45, 2.75) is 25.8 Å². The minimum absolute atomic E-state index is 0.391. The zero-order chi connectivity index (χ0) is 13.4. The van der Waals surface area contributed by atoms with Crippen LogP contribution in [0.5, 0.6) is 0 Å². The number of ether oxygens (including phenoxy) is 1. The number of amides is 1. The van der Waals surface area contributed by atoms with E-state index in [1.165, 1.54) is 7.11 Å². The van der Waals surface area contributed by atoms with Crippen LogP contribution in [0.3, 0.4) is 0 Å². The summed E-state index contributed by atoms with van der Waals surface area (Å²) in [4.78, 5) is 11.0. The Morgan fingerprint density at radius 2 is 2.00 bits per heavy atom. The number of anilines is 2. The molecule has 0 aliphatic heterocycles. The molecule has 1 amide bonds. The van der Waals surface area contributed by atoms with E-state index in [9.17, 15) is 4.79 Å². The summed E-state index contributed by atoms with van der Waals surface area (Å²) in [5, 5.41) is 5.98. The predicted molar refractivity (Wildman–Crippen MR) is 75.0 cm³/mol. The molecule has 0 radical (unpaired) electrons. The molecule has 0 aliphatic carbocycles. The first-order valence-corrected chi connectivity index (χ1v) is 5.98. The first-order chi connectivity index (χ1) is 8.65. The van der Waals surface area contributed by atoms with Crippen molar-refractivity contribution in [3.05, 3.63) is 36.9 Å². The van der Waals surface area contributed by atoms with Gasteiger partial charge in [-0.05, 0) is 44.0 Å². The number of hydrogen-bond donors (Lipinski definition) is 2. The molecule has 0 saturated carbocycles. The molecule has 4 nitrogen and oxygen atoms in total. The highest BCUT2D eigenvalue weighted by atomic mass is 16.5. The zero-order valence-corrected chi connectivity index (χ0v) is 10.9. The van der Waals surface area contributed by atoms with E-state index in [1.54, 1.807) is 0 Å². The molecule has 1 rings (SSSR count). The van der Waals surface area contributed by atoms with Gasteiger partial charge in [0.15, 0.2) is 0 Å². The summed E-state index contributed by atoms with van der Waals surface area (Å²) in [7, 11) is 1.34. The van der Waals surface area contributed by atoms with Crippen molar-refractivity contribution >= 4 is 17.5 Å². The summed E-state index contributed by atoms with van der Waals surface area (Å²) in [5.74, 6) is 0. The van der Waals surface area contributed by atoms with Gasteiger partial charge >= 0.3 is 6.09 Å². The zero-order valence-electron chi connectivity index (χ0n) is 10.9. The number of hydrogen-bond acceptors (Lipinski definition) is 3. The lowest BCUT2D eigenvalue weighted by molar-refractivity contribution is 0.187. The van der Waals surface area contributed by atoms with Crippen LogP contribution in [0.4, 0.5) is 16.2 Å². The summed E-state index contributed by atoms with van der Waals surface area (Å²) in [6, 6.07) is 7.91. The summed E-state index contributed by atoms with van der Waals surface area (Å²) in [5.41, 5.74) is 1.74. The summed E-state index contributed by atoms with van der Waals surface area (Å²) in [6.07, 6.45) is 3.50. The Kier molecular flexibility index (Phi) is 5.77. The molecule has 1 unspecified atom stereocenters. The van der Waals surface area contributed by atoms with Gasteiger partial charge in [0.1, 0.15) is 0 Å². The van der Waals surface area contributed by atoms with Gasteiger partial charge in [0.2, 0.25) is 0 Å². The van der Waals surface area contributed by atoms with Crippen LogP contribution in [0, 0.1) is 0 Å². The Morgan fingerprint density at radius 3 is 2.56 bits per heavy atom. The minimum Gasteiger partial charge on any atom is -0.453 e. The molecule has 4 heteroatoms. The van der Waals surface area contributed by atoms with Crippen molar-refractivity contribution in [1.29, 1.82) is 0 Å². The van der Waals surface area contributed by atoms with Crippen LogP contribution < -0.4 is 10.6 Å². The van der Waals surface area contributed by atoms with Gasteiger partial charge in [0, 0.05) is 17.4 Å². The number of benzene rings is 1. The van der Waals surface area contributed by atoms with Gasteiger partial charge in [0.25, 0.3) is 0 Å². The third-order valence-electron chi connectivity index (χ3n) is 2.53. The second-order valence-electron chi connectivity index (χ2n) is 4.11. The molecule has 0 bridgehead atoms. The van der Waals surface area contributed by atoms with Crippen LogP contribution in [-0.4, -0.2) is 19.2 Å². The molecule has 0 fully saturated rings. The molecule has 0 aliphatic rings. The average molecular weight is 248 g/mol. The topological polar surface area (TPSA) is 50.4 Å². The molecule has 98 valence electrons. The van der Waals surface area contributed by atoms with Gasteiger partial charge in [0.05, 0.1) is 7.11 Å². The number of rotatable bonds is 6. The SMILES string of the molecule is C=CCCC(C)Nc1ccc(NC(=O)OC)cc1. The van der Waals surface area contributed by atoms with Gasteiger partial charge in [-0.2, -0.15) is 0 Å². The van der Waals surface area contributed by atoms with Crippen molar-refractivity contribution in [2.75, 3.05) is 17.7 Å². The highest BCUT2D eigenvalue weighted by molar-refractivity contribution is 5.84. The highest BCUT2D eigenvalue weighted by Crippen LogP contribution is 2.15. The highest BCUT2D eigenvalue weighted by Gasteiger charge is 2.02. The number of nitrogens with one attached hydrogen (secondary N) is 2. The summed E-state index contributed by atoms with van der Waals surface area (Å²) < 4.78 is 4.52. The van der Waals surface area contributed by atoms with E-state index in [1.807, 2.05) is 30.3 Å². The number of methoxy groups -OCH3 is 1. The maximum absolute atomic E-state index is 11.0. The molecule has 1 aromatic rings. The molecule has 18 heavy (non-hydrogen) atoms. The van der Waals surface area contributed by atoms with E-state index >= 15 is 0 Å². The molecule has 1 aromatic carbocycles. The van der Waals surface area contributed by atoms with Crippen LogP contribution in [0.2, 0.25) is 0 Å². The maximum atomic E-state index is 11.0. The van der Waals surface area contributed by atoms with Gasteiger partial charge in [-0.3, -0.25) is 5.32 Å². The Balaban J connectivity index is 2.49. The van der Waals surface area contributed by atoms with Crippen molar-refractivity contribution < 1.29 is 9.53 Å². The van der Waals surface area contributed by atoms with Crippen molar-refractivity contribution in [3.8, 4) is 0 Å². The molecule has 0 aromatic heterocycles. The number of carbonyl (C=O) groups excluding carboxylic acids is 1. The first-order valence-electron chi connectivity index (χ1n) is 5.98. The predicted octanol–water partition coefficient (Wildman–Crippen LogP) is 3.63. The van der Waals surface area contributed by atoms with E-state index in [2.05, 4.69) is 28.9 Å². The van der Waals surface area contributed by atoms with E-state index in [0.717, 1.165) is 18.5 Å². The Hall–Kier alpha value is -1.97. The van der Waals surface area contributed by atoms with Crippen LogP contribution >= 0.6 is 0 Å². The van der Waals surface area contributed by atoms with Gasteiger partial charge < -0.3 is 10.1 Å².